The molecule has 0 bridgehead atoms. The lowest BCUT2D eigenvalue weighted by atomic mass is 9.95. The molecule has 162 valence electrons. The van der Waals surface area contributed by atoms with Crippen LogP contribution in [-0.4, -0.2) is 20.1 Å². The smallest absolute Gasteiger partial charge is 0.188 e. The van der Waals surface area contributed by atoms with Crippen molar-refractivity contribution in [1.29, 1.82) is 0 Å². The topological polar surface area (TPSA) is 30.8 Å². The lowest BCUT2D eigenvalue weighted by molar-refractivity contribution is 0.0500. The van der Waals surface area contributed by atoms with E-state index in [0.717, 1.165) is 17.9 Å². The van der Waals surface area contributed by atoms with E-state index in [1.807, 2.05) is 36.5 Å². The summed E-state index contributed by atoms with van der Waals surface area (Å²) in [5.74, 6) is 0.900. The van der Waals surface area contributed by atoms with Gasteiger partial charge in [0, 0.05) is 29.6 Å². The molecule has 0 aliphatic rings. The highest BCUT2D eigenvalue weighted by Crippen LogP contribution is 2.48. The number of aliphatic imine (C=N–C) groups is 1. The third-order valence-corrected chi connectivity index (χ3v) is 7.69. The van der Waals surface area contributed by atoms with Crippen molar-refractivity contribution < 1.29 is 9.47 Å². The maximum atomic E-state index is 5.95. The van der Waals surface area contributed by atoms with E-state index in [1.165, 1.54) is 27.6 Å². The zero-order chi connectivity index (χ0) is 22.3. The van der Waals surface area contributed by atoms with Crippen molar-refractivity contribution in [3.8, 4) is 5.75 Å². The molecule has 0 fully saturated rings. The Morgan fingerprint density at radius 1 is 1.00 bits per heavy atom. The van der Waals surface area contributed by atoms with Crippen molar-refractivity contribution >= 4 is 25.8 Å². The average molecular weight is 434 g/mol. The number of hydrogen-bond donors (Lipinski definition) is 0. The first-order valence-corrected chi connectivity index (χ1v) is 11.7. The number of methoxy groups -OCH3 is 1. The van der Waals surface area contributed by atoms with Crippen LogP contribution in [-0.2, 0) is 9.89 Å². The molecule has 2 unspecified atom stereocenters. The summed E-state index contributed by atoms with van der Waals surface area (Å²) in [6, 6.07) is 23.0. The maximum Gasteiger partial charge on any atom is 0.188 e. The molecule has 3 nitrogen and oxygen atoms in total. The van der Waals surface area contributed by atoms with Crippen molar-refractivity contribution in [2.75, 3.05) is 13.9 Å². The number of ether oxygens (including phenoxy) is 2. The fourth-order valence-electron chi connectivity index (χ4n) is 3.57. The minimum Gasteiger partial charge on any atom is -0.467 e. The van der Waals surface area contributed by atoms with E-state index in [-0.39, 0.29) is 11.9 Å². The summed E-state index contributed by atoms with van der Waals surface area (Å²) in [4.78, 5) is 4.72. The Labute approximate surface area is 188 Å². The molecule has 3 aromatic carbocycles. The van der Waals surface area contributed by atoms with Gasteiger partial charge in [-0.3, -0.25) is 4.99 Å². The number of nitrogens with zero attached hydrogens (tertiary/aromatic N) is 1. The monoisotopic (exact) mass is 433 g/mol. The second-order valence-corrected chi connectivity index (χ2v) is 9.85. The quantitative estimate of drug-likeness (QED) is 0.214. The number of para-hydroxylation sites is 1. The Morgan fingerprint density at radius 2 is 1.77 bits per heavy atom. The summed E-state index contributed by atoms with van der Waals surface area (Å²) in [6.07, 6.45) is 3.00. The van der Waals surface area contributed by atoms with Crippen molar-refractivity contribution in [3.05, 3.63) is 89.0 Å². The van der Waals surface area contributed by atoms with Gasteiger partial charge in [0.05, 0.1) is 5.69 Å². The minimum absolute atomic E-state index is 0.0590. The SMILES string of the molecule is CCC(C)(Pc1c(C)cccc1/C=N/c1ccccc1)c1cc(C)ccc1OCOC. The molecule has 0 saturated carbocycles. The standard InChI is InChI=1S/C27H32NO2P/c1-6-27(4,24-17-20(2)15-16-25(24)30-19-29-5)31-26-21(3)11-10-12-22(26)18-28-23-13-8-7-9-14-23/h7-18,31H,6,19H2,1-5H3/b28-18+. The predicted octanol–water partition coefficient (Wildman–Crippen LogP) is 6.67. The van der Waals surface area contributed by atoms with Gasteiger partial charge in [-0.25, -0.2) is 0 Å². The van der Waals surface area contributed by atoms with E-state index >= 15 is 0 Å². The van der Waals surface area contributed by atoms with Crippen LogP contribution in [0.15, 0.2) is 71.7 Å². The first-order chi connectivity index (χ1) is 15.0. The lowest BCUT2D eigenvalue weighted by Crippen LogP contribution is -2.22. The first-order valence-electron chi connectivity index (χ1n) is 10.7. The van der Waals surface area contributed by atoms with Gasteiger partial charge in [0.2, 0.25) is 0 Å². The molecule has 3 rings (SSSR count). The van der Waals surface area contributed by atoms with Crippen LogP contribution < -0.4 is 10.0 Å². The number of rotatable bonds is 9. The van der Waals surface area contributed by atoms with Gasteiger partial charge in [-0.1, -0.05) is 76.5 Å². The maximum absolute atomic E-state index is 5.95. The fraction of sp³-hybridized carbons (Fsp3) is 0.296. The molecule has 0 radical (unpaired) electrons. The molecule has 0 heterocycles. The van der Waals surface area contributed by atoms with E-state index in [2.05, 4.69) is 64.1 Å². The van der Waals surface area contributed by atoms with Gasteiger partial charge < -0.3 is 9.47 Å². The lowest BCUT2D eigenvalue weighted by Gasteiger charge is -2.32. The van der Waals surface area contributed by atoms with Gasteiger partial charge in [-0.15, -0.1) is 0 Å². The van der Waals surface area contributed by atoms with Gasteiger partial charge >= 0.3 is 0 Å². The van der Waals surface area contributed by atoms with E-state index in [4.69, 9.17) is 14.5 Å². The zero-order valence-corrected chi connectivity index (χ0v) is 20.1. The summed E-state index contributed by atoms with van der Waals surface area (Å²) in [6.45, 7) is 9.17. The molecular weight excluding hydrogens is 401 g/mol. The average Bonchev–Trinajstić information content (AvgIpc) is 2.79. The van der Waals surface area contributed by atoms with Gasteiger partial charge in [0.25, 0.3) is 0 Å². The van der Waals surface area contributed by atoms with Crippen LogP contribution in [0.1, 0.15) is 42.5 Å². The molecule has 0 amide bonds. The van der Waals surface area contributed by atoms with Crippen LogP contribution in [0.3, 0.4) is 0 Å². The number of hydrogen-bond acceptors (Lipinski definition) is 3. The van der Waals surface area contributed by atoms with Crippen molar-refractivity contribution in [2.24, 2.45) is 4.99 Å². The van der Waals surface area contributed by atoms with Crippen LogP contribution in [0, 0.1) is 13.8 Å². The van der Waals surface area contributed by atoms with Gasteiger partial charge in [-0.05, 0) is 49.3 Å². The predicted molar refractivity (Wildman–Crippen MR) is 134 cm³/mol. The van der Waals surface area contributed by atoms with E-state index < -0.39 is 0 Å². The van der Waals surface area contributed by atoms with Crippen molar-refractivity contribution in [1.82, 2.24) is 0 Å². The third-order valence-electron chi connectivity index (χ3n) is 5.58. The molecule has 0 aliphatic carbocycles. The van der Waals surface area contributed by atoms with Gasteiger partial charge in [0.1, 0.15) is 5.75 Å². The Morgan fingerprint density at radius 3 is 2.48 bits per heavy atom. The van der Waals surface area contributed by atoms with Crippen LogP contribution in [0.25, 0.3) is 0 Å². The number of benzene rings is 3. The summed E-state index contributed by atoms with van der Waals surface area (Å²) < 4.78 is 11.1. The molecule has 2 atom stereocenters. The second kappa shape index (κ2) is 10.7. The van der Waals surface area contributed by atoms with Crippen LogP contribution in [0.5, 0.6) is 5.75 Å². The normalized spacial score (nSPS) is 13.7. The Balaban J connectivity index is 2.00. The molecule has 31 heavy (non-hydrogen) atoms. The van der Waals surface area contributed by atoms with Crippen LogP contribution >= 0.6 is 8.58 Å². The highest BCUT2D eigenvalue weighted by atomic mass is 31.1. The van der Waals surface area contributed by atoms with E-state index in [9.17, 15) is 0 Å². The molecule has 0 spiro atoms. The van der Waals surface area contributed by atoms with Crippen LogP contribution in [0.2, 0.25) is 0 Å². The van der Waals surface area contributed by atoms with Gasteiger partial charge in [0.15, 0.2) is 6.79 Å². The van der Waals surface area contributed by atoms with Crippen molar-refractivity contribution in [2.45, 2.75) is 39.3 Å². The molecule has 3 aromatic rings. The molecule has 0 aromatic heterocycles. The first kappa shape index (κ1) is 23.2. The molecular formula is C27H32NO2P. The summed E-state index contributed by atoms with van der Waals surface area (Å²) >= 11 is 0. The van der Waals surface area contributed by atoms with Crippen LogP contribution in [0.4, 0.5) is 5.69 Å². The molecule has 0 saturated heterocycles. The highest BCUT2D eigenvalue weighted by molar-refractivity contribution is 7.49. The summed E-state index contributed by atoms with van der Waals surface area (Å²) in [5.41, 5.74) is 5.90. The fourth-order valence-corrected chi connectivity index (χ4v) is 5.20. The minimum atomic E-state index is -0.0590. The second-order valence-electron chi connectivity index (χ2n) is 7.99. The summed E-state index contributed by atoms with van der Waals surface area (Å²) in [5, 5.41) is 1.29. The summed E-state index contributed by atoms with van der Waals surface area (Å²) in [7, 11) is 2.23. The Hall–Kier alpha value is -2.48. The number of aryl methyl sites for hydroxylation is 2. The van der Waals surface area contributed by atoms with E-state index in [0.29, 0.717) is 8.58 Å². The Kier molecular flexibility index (Phi) is 8.01. The largest absolute Gasteiger partial charge is 0.467 e. The molecule has 0 aliphatic heterocycles. The van der Waals surface area contributed by atoms with Crippen molar-refractivity contribution in [3.63, 3.8) is 0 Å². The molecule has 0 N–H and O–H groups in total. The Bertz CT molecular complexity index is 1030. The highest BCUT2D eigenvalue weighted by Gasteiger charge is 2.30. The van der Waals surface area contributed by atoms with E-state index in [1.54, 1.807) is 7.11 Å². The zero-order valence-electron chi connectivity index (χ0n) is 19.1. The van der Waals surface area contributed by atoms with Gasteiger partial charge in [-0.2, -0.15) is 0 Å². The molecule has 4 heteroatoms. The third kappa shape index (κ3) is 5.81.